The molecule has 4 rings (SSSR count). The Bertz CT molecular complexity index is 1090. The topological polar surface area (TPSA) is 77.7 Å². The van der Waals surface area contributed by atoms with E-state index in [-0.39, 0.29) is 5.56 Å². The van der Waals surface area contributed by atoms with Crippen LogP contribution in [0.15, 0.2) is 35.3 Å². The summed E-state index contributed by atoms with van der Waals surface area (Å²) in [7, 11) is 0. The average molecular weight is 417 g/mol. The molecule has 0 radical (unpaired) electrons. The molecule has 0 unspecified atom stereocenters. The predicted octanol–water partition coefficient (Wildman–Crippen LogP) is 3.69. The van der Waals surface area contributed by atoms with Crippen molar-refractivity contribution in [3.05, 3.63) is 69.0 Å². The number of aryl methyl sites for hydroxylation is 1. The molecule has 0 aliphatic carbocycles. The maximum absolute atomic E-state index is 12.8. The molecular weight excluding hydrogens is 395 g/mol. The van der Waals surface area contributed by atoms with Gasteiger partial charge in [-0.1, -0.05) is 19.1 Å². The Kier molecular flexibility index (Phi) is 5.46. The monoisotopic (exact) mass is 417 g/mol. The quantitative estimate of drug-likeness (QED) is 0.664. The summed E-state index contributed by atoms with van der Waals surface area (Å²) >= 11 is 0. The van der Waals surface area contributed by atoms with Crippen LogP contribution in [0.4, 0.5) is 13.2 Å². The molecule has 158 valence electrons. The summed E-state index contributed by atoms with van der Waals surface area (Å²) in [5.41, 5.74) is 2.94. The first kappa shape index (κ1) is 20.3. The maximum atomic E-state index is 12.8. The van der Waals surface area contributed by atoms with Gasteiger partial charge in [-0.25, -0.2) is 4.98 Å². The number of fused-ring (bicyclic) bond motifs is 1. The van der Waals surface area contributed by atoms with Gasteiger partial charge in [0.15, 0.2) is 0 Å². The fraction of sp³-hybridized carbons (Fsp3) is 0.381. The highest BCUT2D eigenvalue weighted by Crippen LogP contribution is 2.31. The lowest BCUT2D eigenvalue weighted by Gasteiger charge is -2.27. The highest BCUT2D eigenvalue weighted by atomic mass is 19.4. The van der Waals surface area contributed by atoms with Crippen LogP contribution in [0.3, 0.4) is 0 Å². The zero-order valence-corrected chi connectivity index (χ0v) is 16.5. The van der Waals surface area contributed by atoms with Crippen LogP contribution in [0.1, 0.15) is 41.6 Å². The predicted molar refractivity (Wildman–Crippen MR) is 106 cm³/mol. The first-order valence-electron chi connectivity index (χ1n) is 9.88. The first-order chi connectivity index (χ1) is 14.3. The van der Waals surface area contributed by atoms with Gasteiger partial charge in [-0.15, -0.1) is 0 Å². The number of hydrogen-bond acceptors (Lipinski definition) is 4. The molecule has 2 N–H and O–H groups in total. The van der Waals surface area contributed by atoms with Gasteiger partial charge in [0.05, 0.1) is 28.7 Å². The van der Waals surface area contributed by atoms with Crippen molar-refractivity contribution in [1.82, 2.24) is 25.1 Å². The first-order valence-corrected chi connectivity index (χ1v) is 9.88. The van der Waals surface area contributed by atoms with Gasteiger partial charge in [0.25, 0.3) is 5.56 Å². The van der Waals surface area contributed by atoms with E-state index in [1.54, 1.807) is 6.20 Å². The Morgan fingerprint density at radius 3 is 2.67 bits per heavy atom. The van der Waals surface area contributed by atoms with Crippen LogP contribution in [-0.4, -0.2) is 31.6 Å². The molecule has 9 heteroatoms. The molecule has 3 aromatic rings. The van der Waals surface area contributed by atoms with E-state index >= 15 is 0 Å². The second-order valence-corrected chi connectivity index (χ2v) is 7.49. The molecule has 0 fully saturated rings. The third kappa shape index (κ3) is 4.16. The fourth-order valence-corrected chi connectivity index (χ4v) is 3.77. The van der Waals surface area contributed by atoms with Crippen LogP contribution in [0.2, 0.25) is 0 Å². The second-order valence-electron chi connectivity index (χ2n) is 7.49. The number of nitrogens with zero attached hydrogens (tertiary/aromatic N) is 3. The Balaban J connectivity index is 1.52. The van der Waals surface area contributed by atoms with Crippen LogP contribution in [0, 0.1) is 0 Å². The van der Waals surface area contributed by atoms with E-state index in [0.29, 0.717) is 36.3 Å². The number of aromatic amines is 2. The maximum Gasteiger partial charge on any atom is 0.416 e. The molecule has 2 aromatic heterocycles. The largest absolute Gasteiger partial charge is 0.416 e. The number of alkyl halides is 3. The van der Waals surface area contributed by atoms with Gasteiger partial charge in [0.2, 0.25) is 0 Å². The Morgan fingerprint density at radius 2 is 1.97 bits per heavy atom. The van der Waals surface area contributed by atoms with Gasteiger partial charge in [-0.3, -0.25) is 14.8 Å². The molecule has 0 atom stereocenters. The molecule has 3 heterocycles. The van der Waals surface area contributed by atoms with Crippen molar-refractivity contribution >= 4 is 0 Å². The molecule has 0 saturated heterocycles. The van der Waals surface area contributed by atoms with Crippen molar-refractivity contribution in [2.75, 3.05) is 6.54 Å². The Labute approximate surface area is 171 Å². The van der Waals surface area contributed by atoms with Crippen molar-refractivity contribution in [3.8, 4) is 11.3 Å². The second kappa shape index (κ2) is 8.06. The number of halogens is 3. The van der Waals surface area contributed by atoms with Crippen LogP contribution < -0.4 is 5.56 Å². The molecule has 0 saturated carbocycles. The summed E-state index contributed by atoms with van der Waals surface area (Å²) in [6.45, 7) is 3.79. The van der Waals surface area contributed by atoms with E-state index in [0.717, 1.165) is 48.6 Å². The number of H-pyrrole nitrogens is 2. The minimum atomic E-state index is -4.37. The molecule has 1 aliphatic rings. The van der Waals surface area contributed by atoms with Gasteiger partial charge in [0.1, 0.15) is 5.82 Å². The molecular formula is C21H22F3N5O. The number of hydrogen-bond donors (Lipinski definition) is 2. The number of nitrogens with one attached hydrogen (secondary N) is 2. The summed E-state index contributed by atoms with van der Waals surface area (Å²) in [5.74, 6) is 0.731. The molecule has 30 heavy (non-hydrogen) atoms. The summed E-state index contributed by atoms with van der Waals surface area (Å²) in [6, 6.07) is 5.01. The van der Waals surface area contributed by atoms with E-state index in [2.05, 4.69) is 25.1 Å². The molecule has 1 aromatic carbocycles. The zero-order chi connectivity index (χ0) is 21.3. The van der Waals surface area contributed by atoms with E-state index < -0.39 is 11.7 Å². The standard InChI is InChI=1S/C21H22F3N5O/c1-2-3-18-26-17-8-9-29(12-16(17)20(30)27-18)11-14-10-25-28-19(14)13-4-6-15(7-5-13)21(22,23)24/h4-7,10H,2-3,8-9,11-12H2,1H3,(H,25,28)(H,26,27,30). The minimum Gasteiger partial charge on any atom is -0.310 e. The van der Waals surface area contributed by atoms with Crippen molar-refractivity contribution in [1.29, 1.82) is 0 Å². The number of rotatable bonds is 5. The lowest BCUT2D eigenvalue weighted by molar-refractivity contribution is -0.137. The minimum absolute atomic E-state index is 0.0942. The average Bonchev–Trinajstić information content (AvgIpc) is 3.16. The van der Waals surface area contributed by atoms with E-state index in [1.165, 1.54) is 12.1 Å². The molecule has 0 bridgehead atoms. The van der Waals surface area contributed by atoms with Crippen LogP contribution in [0.5, 0.6) is 0 Å². The SMILES string of the molecule is CCCc1nc2c(c(=O)[nH]1)CN(Cc1cn[nH]c1-c1ccc(C(F)(F)F)cc1)CC2. The van der Waals surface area contributed by atoms with Crippen molar-refractivity contribution < 1.29 is 13.2 Å². The third-order valence-corrected chi connectivity index (χ3v) is 5.30. The van der Waals surface area contributed by atoms with Gasteiger partial charge in [-0.2, -0.15) is 18.3 Å². The molecule has 0 amide bonds. The Hall–Kier alpha value is -2.94. The summed E-state index contributed by atoms with van der Waals surface area (Å²) in [6.07, 6.45) is -0.341. The van der Waals surface area contributed by atoms with Gasteiger partial charge in [-0.05, 0) is 24.1 Å². The summed E-state index contributed by atoms with van der Waals surface area (Å²) in [4.78, 5) is 22.1. The van der Waals surface area contributed by atoms with Crippen molar-refractivity contribution in [3.63, 3.8) is 0 Å². The van der Waals surface area contributed by atoms with Crippen LogP contribution in [0.25, 0.3) is 11.3 Å². The van der Waals surface area contributed by atoms with Crippen LogP contribution >= 0.6 is 0 Å². The summed E-state index contributed by atoms with van der Waals surface area (Å²) in [5, 5.41) is 6.96. The van der Waals surface area contributed by atoms with Crippen LogP contribution in [-0.2, 0) is 32.1 Å². The number of benzene rings is 1. The van der Waals surface area contributed by atoms with E-state index in [1.807, 2.05) is 6.92 Å². The molecule has 6 nitrogen and oxygen atoms in total. The Morgan fingerprint density at radius 1 is 1.20 bits per heavy atom. The highest BCUT2D eigenvalue weighted by Gasteiger charge is 2.30. The van der Waals surface area contributed by atoms with Gasteiger partial charge in [0, 0.05) is 38.0 Å². The highest BCUT2D eigenvalue weighted by molar-refractivity contribution is 5.63. The molecule has 0 spiro atoms. The fourth-order valence-electron chi connectivity index (χ4n) is 3.77. The lowest BCUT2D eigenvalue weighted by Crippen LogP contribution is -2.35. The van der Waals surface area contributed by atoms with E-state index in [4.69, 9.17) is 0 Å². The molecule has 1 aliphatic heterocycles. The zero-order valence-electron chi connectivity index (χ0n) is 16.5. The van der Waals surface area contributed by atoms with Gasteiger partial charge >= 0.3 is 6.18 Å². The normalized spacial score (nSPS) is 14.7. The van der Waals surface area contributed by atoms with Crippen molar-refractivity contribution in [2.45, 2.75) is 45.5 Å². The van der Waals surface area contributed by atoms with E-state index in [9.17, 15) is 18.0 Å². The summed E-state index contributed by atoms with van der Waals surface area (Å²) < 4.78 is 38.4. The lowest BCUT2D eigenvalue weighted by atomic mass is 10.0. The third-order valence-electron chi connectivity index (χ3n) is 5.30. The number of aromatic nitrogens is 4. The van der Waals surface area contributed by atoms with Gasteiger partial charge < -0.3 is 4.98 Å². The van der Waals surface area contributed by atoms with Crippen molar-refractivity contribution in [2.24, 2.45) is 0 Å². The smallest absolute Gasteiger partial charge is 0.310 e.